The van der Waals surface area contributed by atoms with Crippen LogP contribution < -0.4 is 16.0 Å². The zero-order chi connectivity index (χ0) is 22.2. The van der Waals surface area contributed by atoms with E-state index in [1.165, 1.54) is 6.07 Å². The molecule has 1 aliphatic heterocycles. The summed E-state index contributed by atoms with van der Waals surface area (Å²) in [7, 11) is 1.68. The number of phenols is 1. The maximum Gasteiger partial charge on any atom is 0.129 e. The largest absolute Gasteiger partial charge is 0.507 e. The number of aromatic hydroxyl groups is 1. The molecule has 7 nitrogen and oxygen atoms in total. The van der Waals surface area contributed by atoms with Gasteiger partial charge in [-0.05, 0) is 49.6 Å². The van der Waals surface area contributed by atoms with Crippen LogP contribution in [0.3, 0.4) is 0 Å². The maximum absolute atomic E-state index is 13.1. The Bertz CT molecular complexity index is 1180. The second-order valence-electron chi connectivity index (χ2n) is 8.65. The van der Waals surface area contributed by atoms with Crippen LogP contribution in [0.1, 0.15) is 24.8 Å². The normalized spacial score (nSPS) is 23.2. The van der Waals surface area contributed by atoms with Gasteiger partial charge in [-0.2, -0.15) is 0 Å². The van der Waals surface area contributed by atoms with E-state index >= 15 is 0 Å². The number of fused-ring (bicyclic) bond motifs is 1. The lowest BCUT2D eigenvalue weighted by Crippen LogP contribution is -2.48. The van der Waals surface area contributed by atoms with Gasteiger partial charge in [0.1, 0.15) is 17.7 Å². The lowest BCUT2D eigenvalue weighted by Gasteiger charge is -2.33. The van der Waals surface area contributed by atoms with Gasteiger partial charge in [-0.3, -0.25) is 4.99 Å². The molecule has 2 aliphatic rings. The minimum atomic E-state index is -0.633. The Labute approximate surface area is 186 Å². The molecule has 2 fully saturated rings. The highest BCUT2D eigenvalue weighted by Crippen LogP contribution is 2.33. The number of anilines is 2. The third-order valence-electron chi connectivity index (χ3n) is 6.34. The molecule has 2 aromatic heterocycles. The molecule has 5 rings (SSSR count). The monoisotopic (exact) mass is 434 g/mol. The Balaban J connectivity index is 1.36. The van der Waals surface area contributed by atoms with Crippen molar-refractivity contribution in [2.45, 2.75) is 37.5 Å². The van der Waals surface area contributed by atoms with Crippen molar-refractivity contribution in [1.29, 1.82) is 0 Å². The van der Waals surface area contributed by atoms with Gasteiger partial charge in [0.25, 0.3) is 0 Å². The first-order valence-corrected chi connectivity index (χ1v) is 11.0. The highest BCUT2D eigenvalue weighted by molar-refractivity contribution is 5.91. The summed E-state index contributed by atoms with van der Waals surface area (Å²) in [5.74, 6) is 0.999. The average molecular weight is 435 g/mol. The summed E-state index contributed by atoms with van der Waals surface area (Å²) in [6.07, 6.45) is 3.33. The summed E-state index contributed by atoms with van der Waals surface area (Å²) in [5.41, 5.74) is 9.96. The summed E-state index contributed by atoms with van der Waals surface area (Å²) in [4.78, 5) is 15.8. The van der Waals surface area contributed by atoms with Crippen molar-refractivity contribution in [1.82, 2.24) is 15.3 Å². The average Bonchev–Trinajstić information content (AvgIpc) is 3.23. The number of hydrogen-bond donors (Lipinski definition) is 3. The van der Waals surface area contributed by atoms with Gasteiger partial charge in [-0.25, -0.2) is 14.4 Å². The summed E-state index contributed by atoms with van der Waals surface area (Å²) in [5, 5.41) is 14.0. The number of aromatic nitrogens is 2. The molecule has 1 atom stereocenters. The van der Waals surface area contributed by atoms with Crippen LogP contribution in [0, 0.1) is 0 Å². The predicted molar refractivity (Wildman–Crippen MR) is 126 cm³/mol. The molecule has 0 bridgehead atoms. The number of phenolic OH excluding ortho intramolecular Hbond substituents is 1. The van der Waals surface area contributed by atoms with Gasteiger partial charge in [0.2, 0.25) is 0 Å². The number of nitrogens with two attached hydrogens (primary N) is 1. The van der Waals surface area contributed by atoms with Crippen LogP contribution in [0.5, 0.6) is 5.75 Å². The number of alkyl halides is 1. The van der Waals surface area contributed by atoms with E-state index in [0.29, 0.717) is 41.9 Å². The van der Waals surface area contributed by atoms with E-state index in [9.17, 15) is 9.50 Å². The Morgan fingerprint density at radius 2 is 1.94 bits per heavy atom. The van der Waals surface area contributed by atoms with Crippen molar-refractivity contribution >= 4 is 28.8 Å². The van der Waals surface area contributed by atoms with E-state index in [1.54, 1.807) is 19.3 Å². The number of halogens is 1. The number of nitrogen functional groups attached to an aromatic ring is 1. The predicted octanol–water partition coefficient (Wildman–Crippen LogP) is 3.30. The van der Waals surface area contributed by atoms with Crippen molar-refractivity contribution in [3.8, 4) is 17.0 Å². The number of nitrogens with one attached hydrogen (secondary N) is 1. The lowest BCUT2D eigenvalue weighted by atomic mass is 9.90. The minimum absolute atomic E-state index is 0.0772. The highest BCUT2D eigenvalue weighted by Gasteiger charge is 2.33. The van der Waals surface area contributed by atoms with E-state index in [1.807, 2.05) is 24.3 Å². The fraction of sp³-hybridized carbons (Fsp3) is 0.375. The highest BCUT2D eigenvalue weighted by atomic mass is 19.1. The molecule has 1 aromatic carbocycles. The van der Waals surface area contributed by atoms with Crippen molar-refractivity contribution in [3.05, 3.63) is 42.0 Å². The van der Waals surface area contributed by atoms with Crippen molar-refractivity contribution in [2.75, 3.05) is 30.8 Å². The number of hydrogen-bond acceptors (Lipinski definition) is 7. The van der Waals surface area contributed by atoms with Crippen LogP contribution in [-0.4, -0.2) is 59.7 Å². The number of aliphatic imine (C=N–C) groups is 1. The van der Waals surface area contributed by atoms with Gasteiger partial charge >= 0.3 is 0 Å². The molecule has 0 spiro atoms. The molecule has 1 aliphatic carbocycles. The third kappa shape index (κ3) is 3.98. The minimum Gasteiger partial charge on any atom is -0.507 e. The first-order valence-electron chi connectivity index (χ1n) is 11.0. The smallest absolute Gasteiger partial charge is 0.129 e. The van der Waals surface area contributed by atoms with E-state index < -0.39 is 6.17 Å². The lowest BCUT2D eigenvalue weighted by molar-refractivity contribution is 0.148. The van der Waals surface area contributed by atoms with Crippen molar-refractivity contribution in [3.63, 3.8) is 0 Å². The second kappa shape index (κ2) is 8.35. The molecule has 0 radical (unpaired) electrons. The SMILES string of the molecule is CN=Cc1cc(-c2ccc3nc(N4CCC(NC5CC(F)C5)C4)ccc3n2)c(O)cc1N. The van der Waals surface area contributed by atoms with E-state index in [2.05, 4.69) is 15.2 Å². The first kappa shape index (κ1) is 20.6. The first-order chi connectivity index (χ1) is 15.5. The van der Waals surface area contributed by atoms with Gasteiger partial charge in [0.15, 0.2) is 0 Å². The summed E-state index contributed by atoms with van der Waals surface area (Å²) >= 11 is 0. The molecule has 0 amide bonds. The van der Waals surface area contributed by atoms with E-state index in [4.69, 9.17) is 15.7 Å². The topological polar surface area (TPSA) is 99.7 Å². The number of pyridine rings is 2. The zero-order valence-corrected chi connectivity index (χ0v) is 18.0. The molecule has 4 N–H and O–H groups in total. The van der Waals surface area contributed by atoms with Crippen LogP contribution in [0.15, 0.2) is 41.4 Å². The standard InChI is InChI=1S/C24H27FN6O/c1-27-12-14-8-18(23(32)11-19(14)26)20-2-3-22-21(29-20)4-5-24(30-22)31-7-6-16(13-31)28-17-9-15(25)10-17/h2-5,8,11-12,15-17,28,32H,6-7,9-10,13,26H2,1H3. The van der Waals surface area contributed by atoms with Crippen molar-refractivity contribution < 1.29 is 9.50 Å². The molecule has 1 unspecified atom stereocenters. The van der Waals surface area contributed by atoms with Gasteiger partial charge in [-0.1, -0.05) is 0 Å². The molecule has 3 heterocycles. The molecular weight excluding hydrogens is 407 g/mol. The molecule has 3 aromatic rings. The Hall–Kier alpha value is -3.26. The maximum atomic E-state index is 13.1. The fourth-order valence-electron chi connectivity index (χ4n) is 4.52. The van der Waals surface area contributed by atoms with Crippen LogP contribution in [0.2, 0.25) is 0 Å². The summed E-state index contributed by atoms with van der Waals surface area (Å²) in [6.45, 7) is 1.80. The third-order valence-corrected chi connectivity index (χ3v) is 6.34. The molecular formula is C24H27FN6O. The van der Waals surface area contributed by atoms with E-state index in [0.717, 1.165) is 41.9 Å². The van der Waals surface area contributed by atoms with E-state index in [-0.39, 0.29) is 5.75 Å². The summed E-state index contributed by atoms with van der Waals surface area (Å²) < 4.78 is 13.1. The molecule has 8 heteroatoms. The molecule has 1 saturated carbocycles. The zero-order valence-electron chi connectivity index (χ0n) is 18.0. The Kier molecular flexibility index (Phi) is 5.38. The van der Waals surface area contributed by atoms with Gasteiger partial charge in [0, 0.05) is 61.3 Å². The molecule has 1 saturated heterocycles. The Morgan fingerprint density at radius 1 is 1.16 bits per heavy atom. The van der Waals surface area contributed by atoms with Crippen LogP contribution in [-0.2, 0) is 0 Å². The number of benzene rings is 1. The Morgan fingerprint density at radius 3 is 2.72 bits per heavy atom. The van der Waals surface area contributed by atoms with Gasteiger partial charge < -0.3 is 21.1 Å². The quantitative estimate of drug-likeness (QED) is 0.421. The van der Waals surface area contributed by atoms with Crippen LogP contribution in [0.4, 0.5) is 15.9 Å². The number of nitrogens with zero attached hydrogens (tertiary/aromatic N) is 4. The van der Waals surface area contributed by atoms with Gasteiger partial charge in [-0.15, -0.1) is 0 Å². The fourth-order valence-corrected chi connectivity index (χ4v) is 4.52. The van der Waals surface area contributed by atoms with Crippen LogP contribution in [0.25, 0.3) is 22.3 Å². The van der Waals surface area contributed by atoms with Crippen LogP contribution >= 0.6 is 0 Å². The molecule has 166 valence electrons. The molecule has 32 heavy (non-hydrogen) atoms. The summed E-state index contributed by atoms with van der Waals surface area (Å²) in [6, 6.07) is 11.7. The number of rotatable bonds is 5. The van der Waals surface area contributed by atoms with Gasteiger partial charge in [0.05, 0.1) is 16.7 Å². The second-order valence-corrected chi connectivity index (χ2v) is 8.65. The van der Waals surface area contributed by atoms with Crippen molar-refractivity contribution in [2.24, 2.45) is 4.99 Å².